The van der Waals surface area contributed by atoms with Gasteiger partial charge in [0, 0.05) is 26.6 Å². The fraction of sp³-hybridized carbons (Fsp3) is 0.875. The minimum Gasteiger partial charge on any atom is -0.376 e. The lowest BCUT2D eigenvalue weighted by atomic mass is 10.1. The third-order valence-corrected chi connectivity index (χ3v) is 5.58. The van der Waals surface area contributed by atoms with Crippen molar-refractivity contribution in [3.05, 3.63) is 12.2 Å². The van der Waals surface area contributed by atoms with Gasteiger partial charge in [0.15, 0.2) is 0 Å². The molecule has 27 heavy (non-hydrogen) atoms. The molecule has 0 aromatic heterocycles. The molecule has 0 spiro atoms. The highest BCUT2D eigenvalue weighted by Crippen LogP contribution is 2.14. The zero-order valence-corrected chi connectivity index (χ0v) is 18.2. The Bertz CT molecular complexity index is 375. The standard InChI is InChI=1S/C24H45NO2/c1-3-4-5-6-7-8-9-10-11-12-13-14-15-16-17-20-24(26)25(2)22-23-19-18-21-27-23/h10-11,23H,3-9,12-22H2,1-2H3. The van der Waals surface area contributed by atoms with Crippen LogP contribution in [0, 0.1) is 0 Å². The maximum atomic E-state index is 12.1. The van der Waals surface area contributed by atoms with Gasteiger partial charge in [-0.25, -0.2) is 0 Å². The van der Waals surface area contributed by atoms with Crippen molar-refractivity contribution < 1.29 is 9.53 Å². The van der Waals surface area contributed by atoms with E-state index in [4.69, 9.17) is 4.74 Å². The third kappa shape index (κ3) is 13.9. The first-order valence-electron chi connectivity index (χ1n) is 11.7. The Kier molecular flexibility index (Phi) is 15.5. The number of carbonyl (C=O) groups excluding carboxylic acids is 1. The van der Waals surface area contributed by atoms with Gasteiger partial charge in [-0.1, -0.05) is 70.4 Å². The van der Waals surface area contributed by atoms with Gasteiger partial charge in [-0.05, 0) is 44.9 Å². The maximum absolute atomic E-state index is 12.1. The van der Waals surface area contributed by atoms with Crippen LogP contribution in [0.15, 0.2) is 12.2 Å². The molecule has 0 saturated carbocycles. The second-order valence-corrected chi connectivity index (χ2v) is 8.24. The first-order valence-corrected chi connectivity index (χ1v) is 11.7. The Hall–Kier alpha value is -0.830. The Morgan fingerprint density at radius 3 is 2.11 bits per heavy atom. The third-order valence-electron chi connectivity index (χ3n) is 5.58. The summed E-state index contributed by atoms with van der Waals surface area (Å²) in [7, 11) is 1.92. The van der Waals surface area contributed by atoms with Crippen LogP contribution in [0.25, 0.3) is 0 Å². The molecule has 0 aromatic rings. The number of hydrogen-bond donors (Lipinski definition) is 0. The van der Waals surface area contributed by atoms with Gasteiger partial charge in [0.1, 0.15) is 0 Å². The average molecular weight is 380 g/mol. The van der Waals surface area contributed by atoms with Crippen molar-refractivity contribution in [1.82, 2.24) is 4.90 Å². The van der Waals surface area contributed by atoms with Crippen LogP contribution in [0.5, 0.6) is 0 Å². The van der Waals surface area contributed by atoms with Crippen molar-refractivity contribution >= 4 is 5.91 Å². The number of amides is 1. The van der Waals surface area contributed by atoms with E-state index in [1.165, 1.54) is 77.0 Å². The summed E-state index contributed by atoms with van der Waals surface area (Å²) in [6.07, 6.45) is 24.8. The molecular formula is C24H45NO2. The van der Waals surface area contributed by atoms with Gasteiger partial charge in [-0.2, -0.15) is 0 Å². The number of carbonyl (C=O) groups is 1. The topological polar surface area (TPSA) is 29.5 Å². The van der Waals surface area contributed by atoms with E-state index in [1.807, 2.05) is 11.9 Å². The molecule has 1 heterocycles. The minimum absolute atomic E-state index is 0.271. The van der Waals surface area contributed by atoms with Gasteiger partial charge in [0.05, 0.1) is 6.10 Å². The van der Waals surface area contributed by atoms with Crippen molar-refractivity contribution in [3.8, 4) is 0 Å². The fourth-order valence-electron chi connectivity index (χ4n) is 3.73. The molecule has 1 aliphatic heterocycles. The molecule has 1 fully saturated rings. The monoisotopic (exact) mass is 379 g/mol. The Labute approximate surface area is 168 Å². The van der Waals surface area contributed by atoms with E-state index in [1.54, 1.807) is 0 Å². The van der Waals surface area contributed by atoms with Crippen LogP contribution in [-0.2, 0) is 9.53 Å². The van der Waals surface area contributed by atoms with E-state index in [2.05, 4.69) is 19.1 Å². The Morgan fingerprint density at radius 2 is 1.52 bits per heavy atom. The SMILES string of the molecule is CCCCCCCCC=CCCCCCCCC(=O)N(C)CC1CCCO1. The van der Waals surface area contributed by atoms with E-state index in [-0.39, 0.29) is 12.0 Å². The second-order valence-electron chi connectivity index (χ2n) is 8.24. The predicted molar refractivity (Wildman–Crippen MR) is 116 cm³/mol. The number of nitrogens with zero attached hydrogens (tertiary/aromatic N) is 1. The number of likely N-dealkylation sites (N-methyl/N-ethyl adjacent to an activating group) is 1. The number of allylic oxidation sites excluding steroid dienone is 2. The summed E-state index contributed by atoms with van der Waals surface area (Å²) in [4.78, 5) is 14.0. The zero-order valence-electron chi connectivity index (χ0n) is 18.2. The lowest BCUT2D eigenvalue weighted by Gasteiger charge is -2.20. The molecule has 3 nitrogen and oxygen atoms in total. The largest absolute Gasteiger partial charge is 0.376 e. The normalized spacial score (nSPS) is 17.0. The molecule has 1 unspecified atom stereocenters. The van der Waals surface area contributed by atoms with Gasteiger partial charge < -0.3 is 9.64 Å². The van der Waals surface area contributed by atoms with Crippen LogP contribution in [0.3, 0.4) is 0 Å². The predicted octanol–water partition coefficient (Wildman–Crippen LogP) is 6.66. The summed E-state index contributed by atoms with van der Waals surface area (Å²) in [5, 5.41) is 0. The van der Waals surface area contributed by atoms with E-state index >= 15 is 0 Å². The molecule has 1 saturated heterocycles. The summed E-state index contributed by atoms with van der Waals surface area (Å²) in [5.41, 5.74) is 0. The lowest BCUT2D eigenvalue weighted by Crippen LogP contribution is -2.33. The molecule has 3 heteroatoms. The second kappa shape index (κ2) is 17.3. The summed E-state index contributed by atoms with van der Waals surface area (Å²) in [6.45, 7) is 3.90. The molecule has 0 bridgehead atoms. The van der Waals surface area contributed by atoms with Gasteiger partial charge in [0.2, 0.25) is 5.91 Å². The minimum atomic E-state index is 0.271. The van der Waals surface area contributed by atoms with Crippen LogP contribution in [-0.4, -0.2) is 37.1 Å². The number of unbranched alkanes of at least 4 members (excludes halogenated alkanes) is 11. The average Bonchev–Trinajstić information content (AvgIpc) is 3.17. The maximum Gasteiger partial charge on any atom is 0.222 e. The highest BCUT2D eigenvalue weighted by atomic mass is 16.5. The zero-order chi connectivity index (χ0) is 19.6. The van der Waals surface area contributed by atoms with Crippen molar-refractivity contribution in [2.24, 2.45) is 0 Å². The number of ether oxygens (including phenoxy) is 1. The molecule has 1 rings (SSSR count). The molecular weight excluding hydrogens is 334 g/mol. The van der Waals surface area contributed by atoms with Crippen LogP contribution < -0.4 is 0 Å². The van der Waals surface area contributed by atoms with Crippen LogP contribution in [0.1, 0.15) is 110 Å². The number of rotatable bonds is 17. The smallest absolute Gasteiger partial charge is 0.222 e. The molecule has 0 radical (unpaired) electrons. The first-order chi connectivity index (χ1) is 13.2. The molecule has 158 valence electrons. The van der Waals surface area contributed by atoms with Gasteiger partial charge in [-0.15, -0.1) is 0 Å². The van der Waals surface area contributed by atoms with Crippen LogP contribution in [0.2, 0.25) is 0 Å². The van der Waals surface area contributed by atoms with Crippen molar-refractivity contribution in [2.45, 2.75) is 116 Å². The van der Waals surface area contributed by atoms with Crippen molar-refractivity contribution in [1.29, 1.82) is 0 Å². The molecule has 1 amide bonds. The van der Waals surface area contributed by atoms with Gasteiger partial charge in [-0.3, -0.25) is 4.79 Å². The van der Waals surface area contributed by atoms with E-state index < -0.39 is 0 Å². The lowest BCUT2D eigenvalue weighted by molar-refractivity contribution is -0.131. The van der Waals surface area contributed by atoms with E-state index in [0.29, 0.717) is 6.42 Å². The highest BCUT2D eigenvalue weighted by Gasteiger charge is 2.19. The van der Waals surface area contributed by atoms with Crippen LogP contribution in [0.4, 0.5) is 0 Å². The van der Waals surface area contributed by atoms with Crippen molar-refractivity contribution in [3.63, 3.8) is 0 Å². The quantitative estimate of drug-likeness (QED) is 0.209. The summed E-state index contributed by atoms with van der Waals surface area (Å²) in [5.74, 6) is 0.281. The van der Waals surface area contributed by atoms with E-state index in [0.717, 1.165) is 32.4 Å². The molecule has 0 aromatic carbocycles. The molecule has 1 atom stereocenters. The molecule has 0 aliphatic carbocycles. The van der Waals surface area contributed by atoms with Crippen LogP contribution >= 0.6 is 0 Å². The first kappa shape index (κ1) is 24.2. The fourth-order valence-corrected chi connectivity index (χ4v) is 3.73. The summed E-state index contributed by atoms with van der Waals surface area (Å²) >= 11 is 0. The summed E-state index contributed by atoms with van der Waals surface area (Å²) in [6, 6.07) is 0. The Morgan fingerprint density at radius 1 is 0.926 bits per heavy atom. The summed E-state index contributed by atoms with van der Waals surface area (Å²) < 4.78 is 5.61. The van der Waals surface area contributed by atoms with Gasteiger partial charge >= 0.3 is 0 Å². The van der Waals surface area contributed by atoms with E-state index in [9.17, 15) is 4.79 Å². The number of hydrogen-bond acceptors (Lipinski definition) is 2. The molecule has 0 N–H and O–H groups in total. The highest BCUT2D eigenvalue weighted by molar-refractivity contribution is 5.75. The Balaban J connectivity index is 1.82. The molecule has 1 aliphatic rings. The van der Waals surface area contributed by atoms with Gasteiger partial charge in [0.25, 0.3) is 0 Å². The van der Waals surface area contributed by atoms with Crippen molar-refractivity contribution in [2.75, 3.05) is 20.2 Å².